The summed E-state index contributed by atoms with van der Waals surface area (Å²) in [6.45, 7) is 13.1. The first kappa shape index (κ1) is 31.7. The van der Waals surface area contributed by atoms with Gasteiger partial charge in [0.1, 0.15) is 13.2 Å². The molecule has 0 aliphatic heterocycles. The maximum Gasteiger partial charge on any atom is 0.111 e. The van der Waals surface area contributed by atoms with Crippen molar-refractivity contribution in [3.05, 3.63) is 12.8 Å². The van der Waals surface area contributed by atoms with Crippen LogP contribution in [0.2, 0.25) is 0 Å². The van der Waals surface area contributed by atoms with Crippen LogP contribution in [0.5, 0.6) is 0 Å². The van der Waals surface area contributed by atoms with Crippen molar-refractivity contribution in [2.75, 3.05) is 126 Å². The molecule has 10 heteroatoms. The van der Waals surface area contributed by atoms with Crippen molar-refractivity contribution in [3.8, 4) is 12.3 Å². The van der Waals surface area contributed by atoms with Gasteiger partial charge >= 0.3 is 0 Å². The Labute approximate surface area is 198 Å². The number of hydrogen-bond acceptors (Lipinski definition) is 10. The van der Waals surface area contributed by atoms with Gasteiger partial charge in [0.15, 0.2) is 0 Å². The van der Waals surface area contributed by atoms with Gasteiger partial charge in [0.05, 0.1) is 119 Å². The molecule has 0 unspecified atom stereocenters. The minimum Gasteiger partial charge on any atom is -0.499 e. The van der Waals surface area contributed by atoms with Crippen LogP contribution in [0.25, 0.3) is 0 Å². The monoisotopic (exact) mass is 478 g/mol. The summed E-state index contributed by atoms with van der Waals surface area (Å²) in [7, 11) is 0. The molecule has 0 atom stereocenters. The van der Waals surface area contributed by atoms with E-state index in [9.17, 15) is 0 Å². The minimum atomic E-state index is 0.311. The lowest BCUT2D eigenvalue weighted by Gasteiger charge is -2.08. The van der Waals surface area contributed by atoms with Crippen LogP contribution in [-0.2, 0) is 47.4 Å². The van der Waals surface area contributed by atoms with E-state index in [4.69, 9.17) is 53.8 Å². The van der Waals surface area contributed by atoms with Gasteiger partial charge in [0.25, 0.3) is 0 Å². The lowest BCUT2D eigenvalue weighted by atomic mass is 10.6. The van der Waals surface area contributed by atoms with Crippen LogP contribution in [0.4, 0.5) is 0 Å². The van der Waals surface area contributed by atoms with E-state index in [0.717, 1.165) is 0 Å². The van der Waals surface area contributed by atoms with Gasteiger partial charge in [-0.1, -0.05) is 12.5 Å². The standard InChI is InChI=1S/C23H42O10/c1-3-5-25-8-9-27-12-13-29-16-17-31-20-21-33-23-22-32-19-18-30-15-14-28-11-10-26-7-6-24-4-2/h1,4H,2,5-23H2. The van der Waals surface area contributed by atoms with Crippen molar-refractivity contribution in [3.63, 3.8) is 0 Å². The molecule has 0 aliphatic rings. The molecule has 0 fully saturated rings. The Morgan fingerprint density at radius 2 is 0.667 bits per heavy atom. The number of terminal acetylenes is 1. The van der Waals surface area contributed by atoms with E-state index >= 15 is 0 Å². The fourth-order valence-electron chi connectivity index (χ4n) is 2.08. The lowest BCUT2D eigenvalue weighted by Crippen LogP contribution is -2.15. The van der Waals surface area contributed by atoms with E-state index in [1.807, 2.05) is 0 Å². The fraction of sp³-hybridized carbons (Fsp3) is 0.826. The van der Waals surface area contributed by atoms with Crippen molar-refractivity contribution in [2.24, 2.45) is 0 Å². The summed E-state index contributed by atoms with van der Waals surface area (Å²) < 4.78 is 53.1. The van der Waals surface area contributed by atoms with Gasteiger partial charge in [0, 0.05) is 0 Å². The summed E-state index contributed by atoms with van der Waals surface area (Å²) in [6, 6.07) is 0. The second-order valence-electron chi connectivity index (χ2n) is 6.19. The summed E-state index contributed by atoms with van der Waals surface area (Å²) in [6.07, 6.45) is 6.46. The van der Waals surface area contributed by atoms with Crippen molar-refractivity contribution >= 4 is 0 Å². The summed E-state index contributed by atoms with van der Waals surface area (Å²) in [5, 5.41) is 0. The molecule has 0 heterocycles. The molecule has 0 N–H and O–H groups in total. The Kier molecular flexibility index (Phi) is 29.6. The second-order valence-corrected chi connectivity index (χ2v) is 6.19. The zero-order valence-corrected chi connectivity index (χ0v) is 19.9. The molecule has 0 saturated heterocycles. The average molecular weight is 479 g/mol. The second kappa shape index (κ2) is 30.7. The molecular weight excluding hydrogens is 436 g/mol. The van der Waals surface area contributed by atoms with Crippen molar-refractivity contribution < 1.29 is 47.4 Å². The van der Waals surface area contributed by atoms with Gasteiger partial charge in [0.2, 0.25) is 0 Å². The zero-order chi connectivity index (χ0) is 23.9. The highest BCUT2D eigenvalue weighted by Gasteiger charge is 1.95. The molecule has 194 valence electrons. The number of rotatable bonds is 29. The summed E-state index contributed by atoms with van der Waals surface area (Å²) in [5.74, 6) is 2.39. The number of ether oxygens (including phenoxy) is 10. The van der Waals surface area contributed by atoms with Crippen LogP contribution in [-0.4, -0.2) is 126 Å². The lowest BCUT2D eigenvalue weighted by molar-refractivity contribution is -0.0252. The molecule has 0 aliphatic carbocycles. The van der Waals surface area contributed by atoms with E-state index in [2.05, 4.69) is 12.5 Å². The quantitative estimate of drug-likeness (QED) is 0.0878. The molecule has 0 aromatic rings. The molecule has 0 spiro atoms. The third-order valence-corrected chi connectivity index (χ3v) is 3.62. The first-order valence-corrected chi connectivity index (χ1v) is 11.3. The summed E-state index contributed by atoms with van der Waals surface area (Å²) >= 11 is 0. The highest BCUT2D eigenvalue weighted by atomic mass is 16.6. The summed E-state index contributed by atoms with van der Waals surface area (Å²) in [4.78, 5) is 0. The smallest absolute Gasteiger partial charge is 0.111 e. The molecular formula is C23H42O10. The molecule has 10 nitrogen and oxygen atoms in total. The first-order chi connectivity index (χ1) is 16.4. The van der Waals surface area contributed by atoms with Crippen LogP contribution in [0, 0.1) is 12.3 Å². The molecule has 0 aromatic heterocycles. The highest BCUT2D eigenvalue weighted by molar-refractivity contribution is 4.82. The van der Waals surface area contributed by atoms with Gasteiger partial charge < -0.3 is 47.4 Å². The zero-order valence-electron chi connectivity index (χ0n) is 19.9. The van der Waals surface area contributed by atoms with Gasteiger partial charge in [-0.2, -0.15) is 0 Å². The van der Waals surface area contributed by atoms with E-state index in [1.165, 1.54) is 6.26 Å². The molecule has 33 heavy (non-hydrogen) atoms. The van der Waals surface area contributed by atoms with Gasteiger partial charge in [-0.05, 0) is 0 Å². The third-order valence-electron chi connectivity index (χ3n) is 3.62. The average Bonchev–Trinajstić information content (AvgIpc) is 2.83. The van der Waals surface area contributed by atoms with E-state index in [1.54, 1.807) is 0 Å². The van der Waals surface area contributed by atoms with Gasteiger partial charge in [-0.15, -0.1) is 6.42 Å². The Hall–Kier alpha value is -1.26. The maximum atomic E-state index is 5.43. The third kappa shape index (κ3) is 30.7. The topological polar surface area (TPSA) is 92.3 Å². The van der Waals surface area contributed by atoms with Gasteiger partial charge in [-0.25, -0.2) is 0 Å². The van der Waals surface area contributed by atoms with Crippen molar-refractivity contribution in [1.82, 2.24) is 0 Å². The molecule has 0 radical (unpaired) electrons. The van der Waals surface area contributed by atoms with Crippen LogP contribution in [0.1, 0.15) is 0 Å². The van der Waals surface area contributed by atoms with Crippen LogP contribution in [0.15, 0.2) is 12.8 Å². The molecule has 0 saturated carbocycles. The normalized spacial score (nSPS) is 10.9. The van der Waals surface area contributed by atoms with Gasteiger partial charge in [-0.3, -0.25) is 0 Å². The number of hydrogen-bond donors (Lipinski definition) is 0. The van der Waals surface area contributed by atoms with Crippen molar-refractivity contribution in [1.29, 1.82) is 0 Å². The highest BCUT2D eigenvalue weighted by Crippen LogP contribution is 1.86. The Balaban J connectivity index is 3.00. The minimum absolute atomic E-state index is 0.311. The first-order valence-electron chi connectivity index (χ1n) is 11.3. The fourth-order valence-corrected chi connectivity index (χ4v) is 2.08. The van der Waals surface area contributed by atoms with Crippen LogP contribution in [0.3, 0.4) is 0 Å². The van der Waals surface area contributed by atoms with E-state index in [0.29, 0.717) is 126 Å². The Morgan fingerprint density at radius 3 is 0.909 bits per heavy atom. The van der Waals surface area contributed by atoms with Crippen LogP contribution >= 0.6 is 0 Å². The molecule has 0 rings (SSSR count). The molecule has 0 amide bonds. The predicted molar refractivity (Wildman–Crippen MR) is 122 cm³/mol. The van der Waals surface area contributed by atoms with Crippen LogP contribution < -0.4 is 0 Å². The maximum absolute atomic E-state index is 5.43. The van der Waals surface area contributed by atoms with Crippen molar-refractivity contribution in [2.45, 2.75) is 0 Å². The van der Waals surface area contributed by atoms with E-state index in [-0.39, 0.29) is 0 Å². The Bertz CT molecular complexity index is 417. The Morgan fingerprint density at radius 1 is 0.424 bits per heavy atom. The SMILES string of the molecule is C#CCOCCOCCOCCOCCOCCOCCOCCOCCOCCOC=C. The predicted octanol–water partition coefficient (Wildman–Crippen LogP) is 0.929. The molecule has 0 aromatic carbocycles. The summed E-state index contributed by atoms with van der Waals surface area (Å²) in [5.41, 5.74) is 0. The van der Waals surface area contributed by atoms with E-state index < -0.39 is 0 Å². The largest absolute Gasteiger partial charge is 0.499 e. The molecule has 0 bridgehead atoms.